The molecule has 1 aliphatic heterocycles. The molecule has 0 amide bonds. The number of hydrogen-bond donors (Lipinski definition) is 1. The van der Waals surface area contributed by atoms with Crippen molar-refractivity contribution >= 4 is 10.9 Å². The second-order valence-electron chi connectivity index (χ2n) is 6.24. The molecule has 0 aliphatic carbocycles. The summed E-state index contributed by atoms with van der Waals surface area (Å²) in [7, 11) is 2.11. The topological polar surface area (TPSA) is 44.0 Å². The quantitative estimate of drug-likeness (QED) is 0.806. The van der Waals surface area contributed by atoms with Crippen LogP contribution in [0.5, 0.6) is 0 Å². The predicted molar refractivity (Wildman–Crippen MR) is 91.1 cm³/mol. The second kappa shape index (κ2) is 5.83. The molecule has 1 unspecified atom stereocenters. The van der Waals surface area contributed by atoms with E-state index in [2.05, 4.69) is 50.9 Å². The lowest BCUT2D eigenvalue weighted by atomic mass is 10.0. The fourth-order valence-corrected chi connectivity index (χ4v) is 3.44. The lowest BCUT2D eigenvalue weighted by Crippen LogP contribution is -2.42. The highest BCUT2D eigenvalue weighted by Gasteiger charge is 2.17. The number of aryl methyl sites for hydroxylation is 2. The molecule has 3 heterocycles. The number of nitrogens with one attached hydrogen (secondary N) is 1. The average molecular weight is 310 g/mol. The van der Waals surface area contributed by atoms with E-state index in [0.717, 1.165) is 37.7 Å². The molecule has 5 nitrogen and oxygen atoms in total. The first kappa shape index (κ1) is 14.5. The molecule has 1 atom stereocenters. The molecule has 23 heavy (non-hydrogen) atoms. The van der Waals surface area contributed by atoms with Gasteiger partial charge in [0, 0.05) is 54.8 Å². The van der Waals surface area contributed by atoms with Crippen molar-refractivity contribution in [3.05, 3.63) is 48.2 Å². The molecule has 2 aromatic heterocycles. The number of hydrogen-bond acceptors (Lipinski definition) is 3. The van der Waals surface area contributed by atoms with Crippen LogP contribution in [0, 0.1) is 6.92 Å². The molecule has 1 N–H and O–H groups in total. The average Bonchev–Trinajstić information content (AvgIpc) is 3.12. The maximum atomic E-state index is 5.59. The van der Waals surface area contributed by atoms with Crippen molar-refractivity contribution in [2.45, 2.75) is 19.4 Å². The van der Waals surface area contributed by atoms with E-state index in [9.17, 15) is 0 Å². The Balaban J connectivity index is 1.74. The maximum Gasteiger partial charge on any atom is 0.110 e. The van der Waals surface area contributed by atoms with Gasteiger partial charge in [-0.15, -0.1) is 0 Å². The van der Waals surface area contributed by atoms with Crippen LogP contribution >= 0.6 is 0 Å². The van der Waals surface area contributed by atoms with Gasteiger partial charge in [-0.2, -0.15) is 0 Å². The molecular formula is C18H22N4O. The van der Waals surface area contributed by atoms with Crippen molar-refractivity contribution in [1.82, 2.24) is 19.4 Å². The van der Waals surface area contributed by atoms with Gasteiger partial charge < -0.3 is 19.2 Å². The van der Waals surface area contributed by atoms with Crippen molar-refractivity contribution in [2.24, 2.45) is 7.05 Å². The third-order valence-corrected chi connectivity index (χ3v) is 4.62. The Labute approximate surface area is 135 Å². The van der Waals surface area contributed by atoms with E-state index >= 15 is 0 Å². The van der Waals surface area contributed by atoms with Crippen molar-refractivity contribution < 1.29 is 4.74 Å². The van der Waals surface area contributed by atoms with E-state index in [4.69, 9.17) is 4.74 Å². The molecule has 0 bridgehead atoms. The summed E-state index contributed by atoms with van der Waals surface area (Å²) in [5.74, 6) is 1.00. The first-order chi connectivity index (χ1) is 11.2. The van der Waals surface area contributed by atoms with Crippen molar-refractivity contribution in [1.29, 1.82) is 0 Å². The molecule has 120 valence electrons. The zero-order valence-corrected chi connectivity index (χ0v) is 13.6. The highest BCUT2D eigenvalue weighted by atomic mass is 16.5. The van der Waals surface area contributed by atoms with E-state index < -0.39 is 0 Å². The summed E-state index contributed by atoms with van der Waals surface area (Å²) >= 11 is 0. The van der Waals surface area contributed by atoms with E-state index in [1.165, 1.54) is 16.5 Å². The van der Waals surface area contributed by atoms with Crippen LogP contribution in [0.4, 0.5) is 0 Å². The minimum Gasteiger partial charge on any atom is -0.379 e. The zero-order chi connectivity index (χ0) is 15.8. The smallest absolute Gasteiger partial charge is 0.110 e. The van der Waals surface area contributed by atoms with Crippen molar-refractivity contribution in [3.8, 4) is 5.69 Å². The summed E-state index contributed by atoms with van der Waals surface area (Å²) in [6, 6.07) is 7.01. The van der Waals surface area contributed by atoms with Gasteiger partial charge in [-0.05, 0) is 37.1 Å². The van der Waals surface area contributed by atoms with Crippen molar-refractivity contribution in [2.75, 3.05) is 19.8 Å². The van der Waals surface area contributed by atoms with Gasteiger partial charge in [-0.1, -0.05) is 0 Å². The van der Waals surface area contributed by atoms with Crippen LogP contribution in [-0.2, 0) is 18.2 Å². The molecule has 3 aromatic rings. The van der Waals surface area contributed by atoms with Crippen LogP contribution in [0.3, 0.4) is 0 Å². The zero-order valence-electron chi connectivity index (χ0n) is 13.6. The fourth-order valence-electron chi connectivity index (χ4n) is 3.44. The predicted octanol–water partition coefficient (Wildman–Crippen LogP) is 2.20. The Kier molecular flexibility index (Phi) is 3.67. The maximum absolute atomic E-state index is 5.59. The first-order valence-corrected chi connectivity index (χ1v) is 8.12. The number of fused-ring (bicyclic) bond motifs is 1. The summed E-state index contributed by atoms with van der Waals surface area (Å²) in [5, 5.41) is 4.85. The molecular weight excluding hydrogens is 288 g/mol. The SMILES string of the molecule is Cc1nccn1-c1ccc2c(c1)c(CC1COCCN1)cn2C. The Morgan fingerprint density at radius 1 is 1.39 bits per heavy atom. The van der Waals surface area contributed by atoms with Crippen LogP contribution in [0.15, 0.2) is 36.8 Å². The molecule has 4 rings (SSSR count). The molecule has 0 radical (unpaired) electrons. The summed E-state index contributed by atoms with van der Waals surface area (Å²) < 4.78 is 9.92. The summed E-state index contributed by atoms with van der Waals surface area (Å²) in [4.78, 5) is 4.33. The number of rotatable bonds is 3. The van der Waals surface area contributed by atoms with E-state index in [1.807, 2.05) is 19.3 Å². The Morgan fingerprint density at radius 2 is 2.30 bits per heavy atom. The summed E-state index contributed by atoms with van der Waals surface area (Å²) in [6.45, 7) is 4.57. The lowest BCUT2D eigenvalue weighted by molar-refractivity contribution is 0.0771. The summed E-state index contributed by atoms with van der Waals surface area (Å²) in [6.07, 6.45) is 7.08. The van der Waals surface area contributed by atoms with Crippen LogP contribution in [0.2, 0.25) is 0 Å². The standard InChI is InChI=1S/C18H22N4O/c1-13-19-5-7-22(13)16-3-4-18-17(10-16)14(11-21(18)2)9-15-12-23-8-6-20-15/h3-5,7,10-11,15,20H,6,8-9,12H2,1-2H3. The van der Waals surface area contributed by atoms with Gasteiger partial charge in [-0.3, -0.25) is 0 Å². The number of imidazole rings is 1. The number of ether oxygens (including phenoxy) is 1. The van der Waals surface area contributed by atoms with E-state index in [-0.39, 0.29) is 0 Å². The van der Waals surface area contributed by atoms with Gasteiger partial charge in [-0.25, -0.2) is 4.98 Å². The van der Waals surface area contributed by atoms with Gasteiger partial charge in [0.2, 0.25) is 0 Å². The Bertz CT molecular complexity index is 827. The van der Waals surface area contributed by atoms with Gasteiger partial charge in [0.05, 0.1) is 13.2 Å². The van der Waals surface area contributed by atoms with Crippen LogP contribution in [0.25, 0.3) is 16.6 Å². The van der Waals surface area contributed by atoms with E-state index in [1.54, 1.807) is 0 Å². The van der Waals surface area contributed by atoms with Crippen LogP contribution in [-0.4, -0.2) is 39.9 Å². The second-order valence-corrected chi connectivity index (χ2v) is 6.24. The number of nitrogens with zero attached hydrogens (tertiary/aromatic N) is 3. The first-order valence-electron chi connectivity index (χ1n) is 8.12. The number of morpholine rings is 1. The number of benzene rings is 1. The highest BCUT2D eigenvalue weighted by Crippen LogP contribution is 2.25. The minimum atomic E-state index is 0.396. The lowest BCUT2D eigenvalue weighted by Gasteiger charge is -2.23. The highest BCUT2D eigenvalue weighted by molar-refractivity contribution is 5.86. The Hall–Kier alpha value is -2.11. The normalized spacial score (nSPS) is 18.6. The van der Waals surface area contributed by atoms with Crippen LogP contribution < -0.4 is 5.32 Å². The summed E-state index contributed by atoms with van der Waals surface area (Å²) in [5.41, 5.74) is 3.79. The third kappa shape index (κ3) is 2.66. The molecule has 1 aromatic carbocycles. The van der Waals surface area contributed by atoms with Gasteiger partial charge in [0.1, 0.15) is 5.82 Å². The van der Waals surface area contributed by atoms with Crippen molar-refractivity contribution in [3.63, 3.8) is 0 Å². The Morgan fingerprint density at radius 3 is 3.04 bits per heavy atom. The monoisotopic (exact) mass is 310 g/mol. The largest absolute Gasteiger partial charge is 0.379 e. The molecule has 5 heteroatoms. The molecule has 1 saturated heterocycles. The number of aromatic nitrogens is 3. The van der Waals surface area contributed by atoms with Gasteiger partial charge >= 0.3 is 0 Å². The third-order valence-electron chi connectivity index (χ3n) is 4.62. The van der Waals surface area contributed by atoms with E-state index in [0.29, 0.717) is 6.04 Å². The fraction of sp³-hybridized carbons (Fsp3) is 0.389. The molecule has 1 aliphatic rings. The van der Waals surface area contributed by atoms with Gasteiger partial charge in [0.25, 0.3) is 0 Å². The molecule has 0 saturated carbocycles. The van der Waals surface area contributed by atoms with Crippen LogP contribution in [0.1, 0.15) is 11.4 Å². The minimum absolute atomic E-state index is 0.396. The molecule has 0 spiro atoms. The molecule has 1 fully saturated rings. The van der Waals surface area contributed by atoms with Gasteiger partial charge in [0.15, 0.2) is 0 Å².